The van der Waals surface area contributed by atoms with Crippen molar-refractivity contribution in [2.75, 3.05) is 32.1 Å². The van der Waals surface area contributed by atoms with Crippen LogP contribution in [0.5, 0.6) is 0 Å². The zero-order chi connectivity index (χ0) is 12.0. The van der Waals surface area contributed by atoms with Gasteiger partial charge in [0.25, 0.3) is 0 Å². The molecule has 3 nitrogen and oxygen atoms in total. The molecule has 16 heavy (non-hydrogen) atoms. The summed E-state index contributed by atoms with van der Waals surface area (Å²) >= 11 is 1.96. The van der Waals surface area contributed by atoms with Crippen molar-refractivity contribution in [3.8, 4) is 0 Å². The predicted octanol–water partition coefficient (Wildman–Crippen LogP) is 2.16. The summed E-state index contributed by atoms with van der Waals surface area (Å²) in [6.45, 7) is 9.21. The fraction of sp³-hybridized carbons (Fsp3) is 0.917. The molecule has 0 unspecified atom stereocenters. The highest BCUT2D eigenvalue weighted by Crippen LogP contribution is 2.30. The zero-order valence-corrected chi connectivity index (χ0v) is 11.4. The number of rotatable bonds is 4. The summed E-state index contributed by atoms with van der Waals surface area (Å²) in [5.74, 6) is 1.18. The second-order valence-corrected chi connectivity index (χ2v) is 6.59. The smallest absolute Gasteiger partial charge is 0.248 e. The summed E-state index contributed by atoms with van der Waals surface area (Å²) in [5, 5.41) is 0. The summed E-state index contributed by atoms with van der Waals surface area (Å²) in [6.07, 6.45) is 2.04. The van der Waals surface area contributed by atoms with Crippen molar-refractivity contribution in [2.45, 2.75) is 38.4 Å². The minimum atomic E-state index is 0.145. The van der Waals surface area contributed by atoms with E-state index >= 15 is 0 Å². The van der Waals surface area contributed by atoms with Gasteiger partial charge in [-0.25, -0.2) is 0 Å². The minimum Gasteiger partial charge on any atom is -0.372 e. The number of thioether (sulfide) groups is 1. The van der Waals surface area contributed by atoms with Crippen molar-refractivity contribution in [1.29, 1.82) is 0 Å². The molecule has 1 amide bonds. The Kier molecular flexibility index (Phi) is 5.62. The van der Waals surface area contributed by atoms with Gasteiger partial charge in [0.15, 0.2) is 0 Å². The molecule has 1 aliphatic rings. The molecule has 0 radical (unpaired) electrons. The van der Waals surface area contributed by atoms with Crippen LogP contribution in [0, 0.1) is 0 Å². The van der Waals surface area contributed by atoms with Gasteiger partial charge in [-0.15, -0.1) is 0 Å². The van der Waals surface area contributed by atoms with Crippen LogP contribution in [0.3, 0.4) is 0 Å². The van der Waals surface area contributed by atoms with Gasteiger partial charge in [-0.3, -0.25) is 4.79 Å². The zero-order valence-electron chi connectivity index (χ0n) is 10.6. The Balaban J connectivity index is 2.33. The minimum absolute atomic E-state index is 0.145. The van der Waals surface area contributed by atoms with Crippen molar-refractivity contribution in [3.63, 3.8) is 0 Å². The molecule has 0 aromatic rings. The third-order valence-corrected chi connectivity index (χ3v) is 4.14. The first-order valence-electron chi connectivity index (χ1n) is 6.04. The van der Waals surface area contributed by atoms with Gasteiger partial charge in [0.05, 0.1) is 0 Å². The normalized spacial score (nSPS) is 20.6. The molecule has 1 rings (SSSR count). The van der Waals surface area contributed by atoms with Gasteiger partial charge in [0.1, 0.15) is 6.61 Å². The molecule has 0 aromatic heterocycles. The molecule has 0 bridgehead atoms. The molecule has 0 N–H and O–H groups in total. The number of hydrogen-bond acceptors (Lipinski definition) is 3. The highest BCUT2D eigenvalue weighted by atomic mass is 32.2. The largest absolute Gasteiger partial charge is 0.372 e. The molecule has 0 spiro atoms. The van der Waals surface area contributed by atoms with Crippen molar-refractivity contribution < 1.29 is 9.53 Å². The van der Waals surface area contributed by atoms with E-state index in [0.717, 1.165) is 31.7 Å². The Morgan fingerprint density at radius 1 is 1.44 bits per heavy atom. The van der Waals surface area contributed by atoms with Gasteiger partial charge < -0.3 is 9.64 Å². The number of hydrogen-bond donors (Lipinski definition) is 0. The van der Waals surface area contributed by atoms with E-state index < -0.39 is 0 Å². The summed E-state index contributed by atoms with van der Waals surface area (Å²) < 4.78 is 5.60. The molecule has 1 saturated heterocycles. The van der Waals surface area contributed by atoms with E-state index in [1.165, 1.54) is 0 Å². The Labute approximate surface area is 103 Å². The number of carbonyl (C=O) groups excluding carboxylic acids is 1. The maximum Gasteiger partial charge on any atom is 0.248 e. The second-order valence-electron chi connectivity index (χ2n) is 4.79. The molecule has 0 atom stereocenters. The molecule has 0 saturated carbocycles. The van der Waals surface area contributed by atoms with E-state index in [4.69, 9.17) is 4.74 Å². The van der Waals surface area contributed by atoms with Crippen LogP contribution in [-0.4, -0.2) is 47.6 Å². The average Bonchev–Trinajstić information content (AvgIpc) is 2.39. The van der Waals surface area contributed by atoms with Gasteiger partial charge >= 0.3 is 0 Å². The lowest BCUT2D eigenvalue weighted by Gasteiger charge is -2.22. The summed E-state index contributed by atoms with van der Waals surface area (Å²) in [7, 11) is 0. The van der Waals surface area contributed by atoms with Crippen LogP contribution in [0.25, 0.3) is 0 Å². The van der Waals surface area contributed by atoms with Crippen LogP contribution < -0.4 is 0 Å². The highest BCUT2D eigenvalue weighted by Gasteiger charge is 2.25. The second kappa shape index (κ2) is 6.50. The summed E-state index contributed by atoms with van der Waals surface area (Å²) in [5.41, 5.74) is 0. The van der Waals surface area contributed by atoms with Crippen molar-refractivity contribution in [2.24, 2.45) is 0 Å². The summed E-state index contributed by atoms with van der Waals surface area (Å²) in [6, 6.07) is 0. The monoisotopic (exact) mass is 245 g/mol. The molecule has 4 heteroatoms. The first kappa shape index (κ1) is 13.8. The van der Waals surface area contributed by atoms with E-state index in [1.807, 2.05) is 16.7 Å². The van der Waals surface area contributed by atoms with Crippen LogP contribution in [0.1, 0.15) is 33.6 Å². The van der Waals surface area contributed by atoms with Gasteiger partial charge in [-0.1, -0.05) is 20.8 Å². The Hall–Kier alpha value is -0.220. The van der Waals surface area contributed by atoms with Crippen LogP contribution >= 0.6 is 11.8 Å². The average molecular weight is 245 g/mol. The maximum atomic E-state index is 11.8. The molecular formula is C12H23NO2S. The van der Waals surface area contributed by atoms with E-state index in [9.17, 15) is 4.79 Å². The highest BCUT2D eigenvalue weighted by molar-refractivity contribution is 8.00. The van der Waals surface area contributed by atoms with Crippen LogP contribution in [0.4, 0.5) is 0 Å². The van der Waals surface area contributed by atoms with Crippen molar-refractivity contribution >= 4 is 17.7 Å². The lowest BCUT2D eigenvalue weighted by Crippen LogP contribution is -2.36. The Bertz CT molecular complexity index is 231. The Morgan fingerprint density at radius 3 is 2.88 bits per heavy atom. The molecule has 0 aromatic carbocycles. The van der Waals surface area contributed by atoms with E-state index in [-0.39, 0.29) is 12.5 Å². The number of carbonyl (C=O) groups is 1. The molecule has 1 heterocycles. The van der Waals surface area contributed by atoms with Crippen LogP contribution in [-0.2, 0) is 9.53 Å². The van der Waals surface area contributed by atoms with Crippen molar-refractivity contribution in [3.05, 3.63) is 0 Å². The number of ether oxygens (including phenoxy) is 1. The Morgan fingerprint density at radius 2 is 2.19 bits per heavy atom. The van der Waals surface area contributed by atoms with Gasteiger partial charge in [0, 0.05) is 30.2 Å². The SMILES string of the molecule is CCCOCC(=O)N1CCSC(C)(C)CC1. The molecular weight excluding hydrogens is 222 g/mol. The quantitative estimate of drug-likeness (QED) is 0.711. The van der Waals surface area contributed by atoms with Gasteiger partial charge in [-0.05, 0) is 12.8 Å². The van der Waals surface area contributed by atoms with E-state index in [0.29, 0.717) is 11.4 Å². The fourth-order valence-corrected chi connectivity index (χ4v) is 2.76. The number of amides is 1. The maximum absolute atomic E-state index is 11.8. The van der Waals surface area contributed by atoms with Gasteiger partial charge in [0.2, 0.25) is 5.91 Å². The van der Waals surface area contributed by atoms with Crippen molar-refractivity contribution in [1.82, 2.24) is 4.90 Å². The third kappa shape index (κ3) is 4.74. The first-order chi connectivity index (χ1) is 7.55. The van der Waals surface area contributed by atoms with E-state index in [2.05, 4.69) is 20.8 Å². The lowest BCUT2D eigenvalue weighted by molar-refractivity contribution is -0.135. The fourth-order valence-electron chi connectivity index (χ4n) is 1.66. The molecule has 1 aliphatic heterocycles. The van der Waals surface area contributed by atoms with Crippen LogP contribution in [0.2, 0.25) is 0 Å². The van der Waals surface area contributed by atoms with Crippen LogP contribution in [0.15, 0.2) is 0 Å². The molecule has 1 fully saturated rings. The summed E-state index contributed by atoms with van der Waals surface area (Å²) in [4.78, 5) is 13.8. The first-order valence-corrected chi connectivity index (χ1v) is 7.03. The standard InChI is InChI=1S/C12H23NO2S/c1-4-8-15-10-11(14)13-6-5-12(2,3)16-9-7-13/h4-10H2,1-3H3. The lowest BCUT2D eigenvalue weighted by atomic mass is 10.1. The van der Waals surface area contributed by atoms with E-state index in [1.54, 1.807) is 0 Å². The third-order valence-electron chi connectivity index (χ3n) is 2.76. The van der Waals surface area contributed by atoms with Gasteiger partial charge in [-0.2, -0.15) is 11.8 Å². The number of nitrogens with zero attached hydrogens (tertiary/aromatic N) is 1. The molecule has 0 aliphatic carbocycles. The predicted molar refractivity (Wildman–Crippen MR) is 68.8 cm³/mol. The molecule has 94 valence electrons. The topological polar surface area (TPSA) is 29.5 Å².